The van der Waals surface area contributed by atoms with Crippen LogP contribution in [0.15, 0.2) is 41.0 Å². The fourth-order valence-corrected chi connectivity index (χ4v) is 2.18. The molecular weight excluding hydrogens is 264 g/mol. The van der Waals surface area contributed by atoms with Gasteiger partial charge in [-0.15, -0.1) is 0 Å². The Morgan fingerprint density at radius 1 is 1.24 bits per heavy atom. The van der Waals surface area contributed by atoms with Crippen LogP contribution in [0.2, 0.25) is 0 Å². The molecule has 1 atom stereocenters. The number of benzene rings is 1. The predicted octanol–water partition coefficient (Wildman–Crippen LogP) is 4.79. The number of Topliss-reactive ketones (excluding diaryl/α,β-unsaturated/α-hetero) is 1. The van der Waals surface area contributed by atoms with Gasteiger partial charge in [0.05, 0.1) is 18.4 Å². The lowest BCUT2D eigenvalue weighted by atomic mass is 9.99. The summed E-state index contributed by atoms with van der Waals surface area (Å²) in [6.07, 6.45) is 1.66. The first-order chi connectivity index (χ1) is 9.99. The zero-order valence-corrected chi connectivity index (χ0v) is 13.1. The van der Waals surface area contributed by atoms with Crippen LogP contribution in [-0.4, -0.2) is 12.4 Å². The van der Waals surface area contributed by atoms with Crippen molar-refractivity contribution in [3.05, 3.63) is 53.5 Å². The normalized spacial score (nSPS) is 12.4. The Hall–Kier alpha value is -2.03. The first-order valence-electron chi connectivity index (χ1n) is 7.30. The quantitative estimate of drug-likeness (QED) is 0.717. The zero-order valence-electron chi connectivity index (χ0n) is 13.1. The fourth-order valence-electron chi connectivity index (χ4n) is 2.18. The second kappa shape index (κ2) is 6.61. The Labute approximate surface area is 125 Å². The van der Waals surface area contributed by atoms with Crippen LogP contribution in [-0.2, 0) is 0 Å². The summed E-state index contributed by atoms with van der Waals surface area (Å²) in [6, 6.07) is 9.64. The van der Waals surface area contributed by atoms with Gasteiger partial charge in [0, 0.05) is 5.92 Å². The molecule has 3 heteroatoms. The highest BCUT2D eigenvalue weighted by molar-refractivity contribution is 5.97. The van der Waals surface area contributed by atoms with Gasteiger partial charge < -0.3 is 9.15 Å². The van der Waals surface area contributed by atoms with Gasteiger partial charge >= 0.3 is 0 Å². The number of hydrogen-bond donors (Lipinski definition) is 0. The molecular formula is C18H22O3. The van der Waals surface area contributed by atoms with Gasteiger partial charge in [0.2, 0.25) is 0 Å². The topological polar surface area (TPSA) is 39.4 Å². The smallest absolute Gasteiger partial charge is 0.163 e. The van der Waals surface area contributed by atoms with E-state index < -0.39 is 0 Å². The molecule has 1 unspecified atom stereocenters. The van der Waals surface area contributed by atoms with Gasteiger partial charge in [-0.1, -0.05) is 26.8 Å². The number of furan rings is 1. The van der Waals surface area contributed by atoms with Gasteiger partial charge in [-0.2, -0.15) is 0 Å². The van der Waals surface area contributed by atoms with Crippen LogP contribution in [0.25, 0.3) is 0 Å². The summed E-state index contributed by atoms with van der Waals surface area (Å²) < 4.78 is 11.2. The molecule has 0 fully saturated rings. The maximum atomic E-state index is 11.8. The van der Waals surface area contributed by atoms with E-state index in [2.05, 4.69) is 13.8 Å². The summed E-state index contributed by atoms with van der Waals surface area (Å²) in [5.74, 6) is 2.09. The first kappa shape index (κ1) is 15.4. The van der Waals surface area contributed by atoms with Crippen LogP contribution >= 0.6 is 0 Å². The molecule has 2 rings (SSSR count). The highest BCUT2D eigenvalue weighted by Gasteiger charge is 2.14. The van der Waals surface area contributed by atoms with Crippen molar-refractivity contribution in [2.24, 2.45) is 0 Å². The van der Waals surface area contributed by atoms with Gasteiger partial charge in [-0.3, -0.25) is 4.79 Å². The maximum absolute atomic E-state index is 11.8. The number of hydrogen-bond acceptors (Lipinski definition) is 3. The van der Waals surface area contributed by atoms with Gasteiger partial charge in [-0.05, 0) is 42.7 Å². The average molecular weight is 286 g/mol. The second-order valence-electron chi connectivity index (χ2n) is 5.69. The first-order valence-corrected chi connectivity index (χ1v) is 7.30. The maximum Gasteiger partial charge on any atom is 0.163 e. The highest BCUT2D eigenvalue weighted by atomic mass is 16.5. The zero-order chi connectivity index (χ0) is 15.4. The van der Waals surface area contributed by atoms with Crippen molar-refractivity contribution in [2.45, 2.75) is 39.5 Å². The molecule has 0 aliphatic rings. The number of ether oxygens (including phenoxy) is 1. The van der Waals surface area contributed by atoms with Crippen LogP contribution in [0.3, 0.4) is 0 Å². The SMILES string of the molecule is CC(=O)c1cc(C(C)C)ccc1OCC(C)c1ccco1. The van der Waals surface area contributed by atoms with Gasteiger partial charge in [0.1, 0.15) is 11.5 Å². The van der Waals surface area contributed by atoms with Crippen molar-refractivity contribution in [2.75, 3.05) is 6.61 Å². The third-order valence-electron chi connectivity index (χ3n) is 3.57. The lowest BCUT2D eigenvalue weighted by Crippen LogP contribution is -2.09. The molecule has 1 heterocycles. The van der Waals surface area contributed by atoms with E-state index in [4.69, 9.17) is 9.15 Å². The minimum absolute atomic E-state index is 0.0261. The molecule has 0 saturated carbocycles. The van der Waals surface area contributed by atoms with Gasteiger partial charge in [0.15, 0.2) is 5.78 Å². The van der Waals surface area contributed by atoms with Crippen LogP contribution in [0, 0.1) is 0 Å². The second-order valence-corrected chi connectivity index (χ2v) is 5.69. The number of carbonyl (C=O) groups excluding carboxylic acids is 1. The minimum atomic E-state index is 0.0261. The molecule has 0 N–H and O–H groups in total. The van der Waals surface area contributed by atoms with Crippen molar-refractivity contribution < 1.29 is 13.9 Å². The summed E-state index contributed by atoms with van der Waals surface area (Å²) in [5.41, 5.74) is 1.79. The van der Waals surface area contributed by atoms with E-state index >= 15 is 0 Å². The molecule has 0 aliphatic heterocycles. The molecule has 21 heavy (non-hydrogen) atoms. The summed E-state index contributed by atoms with van der Waals surface area (Å²) in [4.78, 5) is 11.8. The summed E-state index contributed by atoms with van der Waals surface area (Å²) in [6.45, 7) is 8.31. The summed E-state index contributed by atoms with van der Waals surface area (Å²) >= 11 is 0. The molecule has 1 aromatic carbocycles. The molecule has 1 aromatic heterocycles. The molecule has 0 aliphatic carbocycles. The van der Waals surface area contributed by atoms with Crippen molar-refractivity contribution in [3.63, 3.8) is 0 Å². The lowest BCUT2D eigenvalue weighted by Gasteiger charge is -2.15. The van der Waals surface area contributed by atoms with E-state index in [0.29, 0.717) is 23.8 Å². The Balaban J connectivity index is 2.14. The monoisotopic (exact) mass is 286 g/mol. The summed E-state index contributed by atoms with van der Waals surface area (Å²) in [5, 5.41) is 0. The Morgan fingerprint density at radius 3 is 2.57 bits per heavy atom. The van der Waals surface area contributed by atoms with E-state index in [1.165, 1.54) is 0 Å². The van der Waals surface area contributed by atoms with Crippen LogP contribution in [0.4, 0.5) is 0 Å². The van der Waals surface area contributed by atoms with E-state index in [0.717, 1.165) is 11.3 Å². The van der Waals surface area contributed by atoms with E-state index in [1.807, 2.05) is 37.3 Å². The third kappa shape index (κ3) is 3.75. The van der Waals surface area contributed by atoms with Gasteiger partial charge in [0.25, 0.3) is 0 Å². The largest absolute Gasteiger partial charge is 0.492 e. The molecule has 0 bridgehead atoms. The van der Waals surface area contributed by atoms with Crippen LogP contribution in [0.5, 0.6) is 5.75 Å². The standard InChI is InChI=1S/C18H22O3/c1-12(2)15-7-8-18(16(10-15)14(4)19)21-11-13(3)17-6-5-9-20-17/h5-10,12-13H,11H2,1-4H3. The van der Waals surface area contributed by atoms with E-state index in [1.54, 1.807) is 13.2 Å². The predicted molar refractivity (Wildman–Crippen MR) is 83.2 cm³/mol. The Bertz CT molecular complexity index is 597. The number of carbonyl (C=O) groups is 1. The summed E-state index contributed by atoms with van der Waals surface area (Å²) in [7, 11) is 0. The van der Waals surface area contributed by atoms with E-state index in [9.17, 15) is 4.79 Å². The third-order valence-corrected chi connectivity index (χ3v) is 3.57. The van der Waals surface area contributed by atoms with Gasteiger partial charge in [-0.25, -0.2) is 0 Å². The lowest BCUT2D eigenvalue weighted by molar-refractivity contribution is 0.101. The van der Waals surface area contributed by atoms with E-state index in [-0.39, 0.29) is 11.7 Å². The molecule has 3 nitrogen and oxygen atoms in total. The molecule has 112 valence electrons. The number of rotatable bonds is 6. The van der Waals surface area contributed by atoms with Crippen LogP contribution in [0.1, 0.15) is 61.2 Å². The van der Waals surface area contributed by atoms with Crippen molar-refractivity contribution in [1.82, 2.24) is 0 Å². The minimum Gasteiger partial charge on any atom is -0.492 e. The molecule has 0 saturated heterocycles. The molecule has 0 amide bonds. The van der Waals surface area contributed by atoms with Crippen molar-refractivity contribution in [3.8, 4) is 5.75 Å². The fraction of sp³-hybridized carbons (Fsp3) is 0.389. The average Bonchev–Trinajstić information content (AvgIpc) is 2.98. The molecule has 0 spiro atoms. The Kier molecular flexibility index (Phi) is 4.84. The molecule has 0 radical (unpaired) electrons. The van der Waals surface area contributed by atoms with Crippen molar-refractivity contribution in [1.29, 1.82) is 0 Å². The van der Waals surface area contributed by atoms with Crippen molar-refractivity contribution >= 4 is 5.78 Å². The van der Waals surface area contributed by atoms with Crippen LogP contribution < -0.4 is 4.74 Å². The molecule has 2 aromatic rings. The number of ketones is 1. The Morgan fingerprint density at radius 2 is 2.00 bits per heavy atom. The highest BCUT2D eigenvalue weighted by Crippen LogP contribution is 2.26.